The van der Waals surface area contributed by atoms with E-state index in [2.05, 4.69) is 4.74 Å². The molecule has 0 saturated carbocycles. The Morgan fingerprint density at radius 3 is 2.08 bits per heavy atom. The van der Waals surface area contributed by atoms with E-state index in [1.165, 1.54) is 6.07 Å². The lowest BCUT2D eigenvalue weighted by atomic mass is 10.3. The van der Waals surface area contributed by atoms with Crippen LogP contribution in [0.3, 0.4) is 0 Å². The molecule has 0 atom stereocenters. The smallest absolute Gasteiger partial charge is 0.387 e. The van der Waals surface area contributed by atoms with Gasteiger partial charge in [0.15, 0.2) is 0 Å². The predicted octanol–water partition coefficient (Wildman–Crippen LogP) is 4.25. The Morgan fingerprint density at radius 2 is 1.54 bits per heavy atom. The number of benzene rings is 1. The first-order valence-corrected chi connectivity index (χ1v) is 4.23. The molecule has 0 spiro atoms. The Balaban J connectivity index is 3.01. The van der Waals surface area contributed by atoms with Gasteiger partial charge in [-0.05, 0) is 6.07 Å². The lowest BCUT2D eigenvalue weighted by molar-refractivity contribution is -0.0497. The molecule has 0 N–H and O–H groups in total. The first-order valence-electron chi connectivity index (χ1n) is 3.10. The third kappa shape index (κ3) is 2.86. The molecule has 1 aromatic carbocycles. The van der Waals surface area contributed by atoms with Crippen LogP contribution in [-0.4, -0.2) is 6.61 Å². The van der Waals surface area contributed by atoms with Gasteiger partial charge >= 0.3 is 6.61 Å². The fourth-order valence-electron chi connectivity index (χ4n) is 0.691. The Bertz CT molecular complexity index is 317. The number of alkyl halides is 2. The molecule has 13 heavy (non-hydrogen) atoms. The molecular weight excluding hydrogens is 244 g/mol. The van der Waals surface area contributed by atoms with Crippen LogP contribution in [-0.2, 0) is 0 Å². The van der Waals surface area contributed by atoms with Crippen molar-refractivity contribution in [1.29, 1.82) is 0 Å². The van der Waals surface area contributed by atoms with E-state index in [9.17, 15) is 8.78 Å². The van der Waals surface area contributed by atoms with Crippen LogP contribution in [0.25, 0.3) is 0 Å². The molecule has 0 saturated heterocycles. The van der Waals surface area contributed by atoms with Gasteiger partial charge in [0, 0.05) is 6.07 Å². The first kappa shape index (κ1) is 10.8. The molecule has 0 fully saturated rings. The van der Waals surface area contributed by atoms with Crippen LogP contribution in [0.4, 0.5) is 8.78 Å². The number of hydrogen-bond acceptors (Lipinski definition) is 1. The van der Waals surface area contributed by atoms with Gasteiger partial charge < -0.3 is 4.74 Å². The van der Waals surface area contributed by atoms with Crippen LogP contribution in [0.5, 0.6) is 5.75 Å². The largest absolute Gasteiger partial charge is 0.433 e. The molecule has 0 aliphatic rings. The summed E-state index contributed by atoms with van der Waals surface area (Å²) in [7, 11) is 0. The molecule has 0 radical (unpaired) electrons. The van der Waals surface area contributed by atoms with Gasteiger partial charge in [0.05, 0.1) is 15.1 Å². The number of hydrogen-bond donors (Lipinski definition) is 0. The number of rotatable bonds is 2. The van der Waals surface area contributed by atoms with E-state index >= 15 is 0 Å². The highest BCUT2D eigenvalue weighted by molar-refractivity contribution is 6.43. The molecule has 0 aliphatic carbocycles. The molecule has 72 valence electrons. The number of halogens is 5. The third-order valence-corrected chi connectivity index (χ3v) is 2.21. The second-order valence-corrected chi connectivity index (χ2v) is 3.30. The minimum atomic E-state index is -2.94. The maximum atomic E-state index is 11.8. The van der Waals surface area contributed by atoms with Crippen LogP contribution in [0, 0.1) is 0 Å². The second-order valence-electron chi connectivity index (χ2n) is 2.08. The van der Waals surface area contributed by atoms with Gasteiger partial charge in [-0.1, -0.05) is 34.8 Å². The van der Waals surface area contributed by atoms with Crippen molar-refractivity contribution in [1.82, 2.24) is 0 Å². The van der Waals surface area contributed by atoms with Crippen LogP contribution < -0.4 is 4.74 Å². The Morgan fingerprint density at radius 1 is 1.00 bits per heavy atom. The zero-order valence-electron chi connectivity index (χ0n) is 6.03. The van der Waals surface area contributed by atoms with Gasteiger partial charge in [0.25, 0.3) is 0 Å². The summed E-state index contributed by atoms with van der Waals surface area (Å²) in [6.45, 7) is -2.94. The van der Waals surface area contributed by atoms with Crippen molar-refractivity contribution in [3.8, 4) is 5.75 Å². The summed E-state index contributed by atoms with van der Waals surface area (Å²) >= 11 is 16.7. The van der Waals surface area contributed by atoms with E-state index < -0.39 is 6.61 Å². The molecule has 0 bridgehead atoms. The van der Waals surface area contributed by atoms with E-state index in [-0.39, 0.29) is 20.8 Å². The van der Waals surface area contributed by atoms with Crippen molar-refractivity contribution < 1.29 is 13.5 Å². The van der Waals surface area contributed by atoms with Crippen molar-refractivity contribution in [3.63, 3.8) is 0 Å². The summed E-state index contributed by atoms with van der Waals surface area (Å²) in [5.41, 5.74) is 0. The third-order valence-electron chi connectivity index (χ3n) is 1.19. The molecule has 6 heteroatoms. The lowest BCUT2D eigenvalue weighted by Crippen LogP contribution is -2.02. The summed E-state index contributed by atoms with van der Waals surface area (Å²) < 4.78 is 27.6. The van der Waals surface area contributed by atoms with Crippen molar-refractivity contribution >= 4 is 34.8 Å². The molecule has 1 rings (SSSR count). The quantitative estimate of drug-likeness (QED) is 0.710. The minimum absolute atomic E-state index is 0.00491. The standard InChI is InChI=1S/C7H3Cl3F2O/c8-3-1-5(10)6(2-4(3)9)13-7(11)12/h1-2,7H. The Kier molecular flexibility index (Phi) is 3.59. The second kappa shape index (κ2) is 4.31. The van der Waals surface area contributed by atoms with Gasteiger partial charge in [0.1, 0.15) is 5.75 Å². The zero-order chi connectivity index (χ0) is 10.0. The predicted molar refractivity (Wildman–Crippen MR) is 48.1 cm³/mol. The molecule has 0 unspecified atom stereocenters. The van der Waals surface area contributed by atoms with Gasteiger partial charge in [-0.25, -0.2) is 0 Å². The number of ether oxygens (including phenoxy) is 1. The highest BCUT2D eigenvalue weighted by Crippen LogP contribution is 2.34. The van der Waals surface area contributed by atoms with Gasteiger partial charge in [-0.15, -0.1) is 0 Å². The molecule has 0 aromatic heterocycles. The molecular formula is C7H3Cl3F2O. The average Bonchev–Trinajstić information content (AvgIpc) is 1.99. The first-order chi connectivity index (χ1) is 6.00. The molecule has 0 aliphatic heterocycles. The SMILES string of the molecule is FC(F)Oc1cc(Cl)c(Cl)cc1Cl. The monoisotopic (exact) mass is 246 g/mol. The Labute approximate surface area is 88.2 Å². The van der Waals surface area contributed by atoms with Crippen molar-refractivity contribution in [2.75, 3.05) is 0 Å². The summed E-state index contributed by atoms with van der Waals surface area (Å²) in [5, 5.41) is 0.296. The summed E-state index contributed by atoms with van der Waals surface area (Å²) in [5.74, 6) is -0.189. The Hall–Kier alpha value is -0.250. The van der Waals surface area contributed by atoms with Gasteiger partial charge in [-0.2, -0.15) is 8.78 Å². The molecule has 1 aromatic rings. The van der Waals surface area contributed by atoms with Crippen LogP contribution in [0.15, 0.2) is 12.1 Å². The van der Waals surface area contributed by atoms with Crippen molar-refractivity contribution in [2.24, 2.45) is 0 Å². The van der Waals surface area contributed by atoms with Gasteiger partial charge in [0.2, 0.25) is 0 Å². The lowest BCUT2D eigenvalue weighted by Gasteiger charge is -2.07. The maximum absolute atomic E-state index is 11.8. The van der Waals surface area contributed by atoms with Crippen molar-refractivity contribution in [3.05, 3.63) is 27.2 Å². The summed E-state index contributed by atoms with van der Waals surface area (Å²) in [4.78, 5) is 0. The van der Waals surface area contributed by atoms with Crippen LogP contribution in [0.1, 0.15) is 0 Å². The fraction of sp³-hybridized carbons (Fsp3) is 0.143. The van der Waals surface area contributed by atoms with Crippen LogP contribution in [0.2, 0.25) is 15.1 Å². The summed E-state index contributed by atoms with van der Waals surface area (Å²) in [6, 6.07) is 2.38. The minimum Gasteiger partial charge on any atom is -0.433 e. The van der Waals surface area contributed by atoms with E-state index in [0.717, 1.165) is 6.07 Å². The topological polar surface area (TPSA) is 9.23 Å². The average molecular weight is 247 g/mol. The van der Waals surface area contributed by atoms with Gasteiger partial charge in [-0.3, -0.25) is 0 Å². The zero-order valence-corrected chi connectivity index (χ0v) is 8.30. The van der Waals surface area contributed by atoms with E-state index in [0.29, 0.717) is 0 Å². The fourth-order valence-corrected chi connectivity index (χ4v) is 1.27. The van der Waals surface area contributed by atoms with E-state index in [4.69, 9.17) is 34.8 Å². The maximum Gasteiger partial charge on any atom is 0.387 e. The molecule has 1 nitrogen and oxygen atoms in total. The molecule has 0 amide bonds. The van der Waals surface area contributed by atoms with E-state index in [1.54, 1.807) is 0 Å². The van der Waals surface area contributed by atoms with Crippen molar-refractivity contribution in [2.45, 2.75) is 6.61 Å². The van der Waals surface area contributed by atoms with Crippen LogP contribution >= 0.6 is 34.8 Å². The van der Waals surface area contributed by atoms with E-state index in [1.807, 2.05) is 0 Å². The normalized spacial score (nSPS) is 10.6. The highest BCUT2D eigenvalue weighted by atomic mass is 35.5. The molecule has 0 heterocycles. The highest BCUT2D eigenvalue weighted by Gasteiger charge is 2.11. The summed E-state index contributed by atoms with van der Waals surface area (Å²) in [6.07, 6.45) is 0.